The number of nitrogens with zero attached hydrogens (tertiary/aromatic N) is 2. The highest BCUT2D eigenvalue weighted by molar-refractivity contribution is 5.92. The summed E-state index contributed by atoms with van der Waals surface area (Å²) in [5.41, 5.74) is 2.06. The number of esters is 2. The van der Waals surface area contributed by atoms with E-state index >= 15 is 0 Å². The molecule has 33 heavy (non-hydrogen) atoms. The first-order valence-electron chi connectivity index (χ1n) is 10.6. The second-order valence-corrected chi connectivity index (χ2v) is 8.09. The molecule has 0 aliphatic carbocycles. The van der Waals surface area contributed by atoms with Crippen molar-refractivity contribution in [2.45, 2.75) is 45.4 Å². The predicted molar refractivity (Wildman–Crippen MR) is 118 cm³/mol. The molecule has 166 valence electrons. The van der Waals surface area contributed by atoms with Gasteiger partial charge in [0.15, 0.2) is 5.60 Å². The van der Waals surface area contributed by atoms with Crippen LogP contribution in [0, 0.1) is 12.3 Å². The van der Waals surface area contributed by atoms with Crippen molar-refractivity contribution >= 4 is 22.8 Å². The topological polar surface area (TPSA) is 108 Å². The Morgan fingerprint density at radius 1 is 1.30 bits per heavy atom. The van der Waals surface area contributed by atoms with Crippen molar-refractivity contribution in [2.24, 2.45) is 0 Å². The number of aryl methyl sites for hydroxylation is 1. The van der Waals surface area contributed by atoms with E-state index in [4.69, 9.17) is 20.9 Å². The predicted octanol–water partition coefficient (Wildman–Crippen LogP) is 2.18. The third kappa shape index (κ3) is 2.90. The second-order valence-electron chi connectivity index (χ2n) is 8.09. The van der Waals surface area contributed by atoms with Crippen molar-refractivity contribution in [2.75, 3.05) is 0 Å². The summed E-state index contributed by atoms with van der Waals surface area (Å²) in [5, 5.41) is 11.8. The van der Waals surface area contributed by atoms with Crippen molar-refractivity contribution in [3.63, 3.8) is 0 Å². The van der Waals surface area contributed by atoms with Gasteiger partial charge < -0.3 is 19.1 Å². The number of rotatable bonds is 3. The van der Waals surface area contributed by atoms with Gasteiger partial charge in [0.05, 0.1) is 29.0 Å². The van der Waals surface area contributed by atoms with Crippen LogP contribution in [0.5, 0.6) is 5.75 Å². The third-order valence-electron chi connectivity index (χ3n) is 6.46. The van der Waals surface area contributed by atoms with Crippen LogP contribution in [0.1, 0.15) is 42.5 Å². The van der Waals surface area contributed by atoms with Gasteiger partial charge in [-0.3, -0.25) is 4.79 Å². The highest BCUT2D eigenvalue weighted by Crippen LogP contribution is 2.40. The average molecular weight is 444 g/mol. The number of hydrogen-bond acceptors (Lipinski definition) is 7. The SMILES string of the molecule is C#CC(=O)Oc1ccc2nc3c(c(CC)c2c1)Cn1c-3cc2c(c1=O)COC(=O)[C@]2(O)CC. The molecule has 1 N–H and O–H groups in total. The average Bonchev–Trinajstić information content (AvgIpc) is 3.18. The molecule has 5 rings (SSSR count). The lowest BCUT2D eigenvalue weighted by Crippen LogP contribution is -2.44. The quantitative estimate of drug-likeness (QED) is 0.223. The molecule has 8 nitrogen and oxygen atoms in total. The van der Waals surface area contributed by atoms with Gasteiger partial charge >= 0.3 is 11.9 Å². The molecule has 1 atom stereocenters. The second kappa shape index (κ2) is 7.29. The zero-order chi connectivity index (χ0) is 23.5. The van der Waals surface area contributed by atoms with Crippen LogP contribution >= 0.6 is 0 Å². The molecule has 0 saturated heterocycles. The largest absolute Gasteiger partial charge is 0.458 e. The molecule has 0 fully saturated rings. The normalized spacial score (nSPS) is 18.2. The molecule has 4 heterocycles. The summed E-state index contributed by atoms with van der Waals surface area (Å²) in [6.45, 7) is 3.79. The van der Waals surface area contributed by atoms with Crippen LogP contribution in [0.4, 0.5) is 0 Å². The highest BCUT2D eigenvalue weighted by atomic mass is 16.6. The molecule has 2 aliphatic rings. The van der Waals surface area contributed by atoms with Gasteiger partial charge in [-0.25, -0.2) is 14.6 Å². The molecule has 0 amide bonds. The van der Waals surface area contributed by atoms with Crippen LogP contribution in [-0.2, 0) is 39.5 Å². The Morgan fingerprint density at radius 2 is 2.09 bits per heavy atom. The molecule has 8 heteroatoms. The highest BCUT2D eigenvalue weighted by Gasteiger charge is 2.45. The number of pyridine rings is 2. The third-order valence-corrected chi connectivity index (χ3v) is 6.46. The molecule has 0 unspecified atom stereocenters. The fraction of sp³-hybridized carbons (Fsp3) is 0.280. The van der Waals surface area contributed by atoms with Gasteiger partial charge in [0.1, 0.15) is 12.4 Å². The number of cyclic esters (lactones) is 1. The fourth-order valence-corrected chi connectivity index (χ4v) is 4.74. The number of carbonyl (C=O) groups is 2. The van der Waals surface area contributed by atoms with Crippen LogP contribution in [0.3, 0.4) is 0 Å². The Labute approximate surface area is 188 Å². The van der Waals surface area contributed by atoms with E-state index in [0.29, 0.717) is 35.6 Å². The molecule has 0 bridgehead atoms. The molecule has 2 aromatic heterocycles. The lowest BCUT2D eigenvalue weighted by atomic mass is 9.86. The molecule has 0 radical (unpaired) electrons. The van der Waals surface area contributed by atoms with E-state index in [0.717, 1.165) is 16.5 Å². The standard InChI is InChI=1S/C25H20N2O6/c1-4-14-15-9-13(33-21(28)5-2)7-8-19(15)26-22-16(14)11-27-20(22)10-18-17(23(27)29)12-32-24(30)25(18,31)6-3/h2,7-10,31H,4,6,11-12H2,1,3H3/t25-/m0/s1. The smallest absolute Gasteiger partial charge is 0.389 e. The maximum absolute atomic E-state index is 13.3. The minimum atomic E-state index is -1.87. The van der Waals surface area contributed by atoms with Crippen molar-refractivity contribution in [1.82, 2.24) is 9.55 Å². The summed E-state index contributed by atoms with van der Waals surface area (Å²) in [5.74, 6) is 0.695. The fourth-order valence-electron chi connectivity index (χ4n) is 4.74. The Bertz CT molecular complexity index is 1480. The van der Waals surface area contributed by atoms with Crippen molar-refractivity contribution in [3.05, 3.63) is 56.9 Å². The molecular weight excluding hydrogens is 424 g/mol. The van der Waals surface area contributed by atoms with E-state index in [-0.39, 0.29) is 29.7 Å². The number of hydrogen-bond donors (Lipinski definition) is 1. The Kier molecular flexibility index (Phi) is 4.62. The number of ether oxygens (including phenoxy) is 2. The Hall–Kier alpha value is -3.96. The van der Waals surface area contributed by atoms with Gasteiger partial charge in [0.25, 0.3) is 5.56 Å². The van der Waals surface area contributed by atoms with Gasteiger partial charge in [0, 0.05) is 22.4 Å². The molecule has 2 aliphatic heterocycles. The van der Waals surface area contributed by atoms with Crippen LogP contribution < -0.4 is 10.3 Å². The van der Waals surface area contributed by atoms with Crippen molar-refractivity contribution in [3.8, 4) is 29.5 Å². The monoisotopic (exact) mass is 444 g/mol. The van der Waals surface area contributed by atoms with Crippen molar-refractivity contribution < 1.29 is 24.2 Å². The summed E-state index contributed by atoms with van der Waals surface area (Å²) >= 11 is 0. The van der Waals surface area contributed by atoms with E-state index in [2.05, 4.69) is 0 Å². The van der Waals surface area contributed by atoms with E-state index < -0.39 is 17.5 Å². The minimum Gasteiger partial charge on any atom is -0.458 e. The number of aliphatic hydroxyl groups is 1. The lowest BCUT2D eigenvalue weighted by Gasteiger charge is -2.31. The summed E-state index contributed by atoms with van der Waals surface area (Å²) in [4.78, 5) is 42.0. The van der Waals surface area contributed by atoms with Crippen molar-refractivity contribution in [1.29, 1.82) is 0 Å². The number of aromatic nitrogens is 2. The van der Waals surface area contributed by atoms with Crippen LogP contribution in [0.2, 0.25) is 0 Å². The number of fused-ring (bicyclic) bond motifs is 5. The zero-order valence-electron chi connectivity index (χ0n) is 18.1. The van der Waals surface area contributed by atoms with Gasteiger partial charge in [-0.2, -0.15) is 0 Å². The van der Waals surface area contributed by atoms with Gasteiger partial charge in [-0.15, -0.1) is 6.42 Å². The first kappa shape index (κ1) is 20.9. The van der Waals surface area contributed by atoms with Crippen LogP contribution in [0.25, 0.3) is 22.3 Å². The van der Waals surface area contributed by atoms with Gasteiger partial charge in [-0.1, -0.05) is 13.8 Å². The molecular formula is C25H20N2O6. The Balaban J connectivity index is 1.74. The maximum Gasteiger partial charge on any atom is 0.389 e. The molecule has 3 aromatic rings. The molecule has 0 spiro atoms. The van der Waals surface area contributed by atoms with Crippen LogP contribution in [-0.4, -0.2) is 26.6 Å². The lowest BCUT2D eigenvalue weighted by molar-refractivity contribution is -0.172. The van der Waals surface area contributed by atoms with E-state index in [9.17, 15) is 19.5 Å². The van der Waals surface area contributed by atoms with Gasteiger partial charge in [0.2, 0.25) is 0 Å². The van der Waals surface area contributed by atoms with E-state index in [1.54, 1.807) is 35.8 Å². The van der Waals surface area contributed by atoms with E-state index in [1.165, 1.54) is 0 Å². The summed E-state index contributed by atoms with van der Waals surface area (Å²) in [7, 11) is 0. The Morgan fingerprint density at radius 3 is 2.79 bits per heavy atom. The zero-order valence-corrected chi connectivity index (χ0v) is 18.1. The van der Waals surface area contributed by atoms with Gasteiger partial charge in [-0.05, 0) is 42.7 Å². The summed E-state index contributed by atoms with van der Waals surface area (Å²) in [6.07, 6.45) is 5.83. The molecule has 0 saturated carbocycles. The number of carbonyl (C=O) groups excluding carboxylic acids is 2. The summed E-state index contributed by atoms with van der Waals surface area (Å²) < 4.78 is 11.9. The maximum atomic E-state index is 13.3. The first-order chi connectivity index (χ1) is 15.8. The summed E-state index contributed by atoms with van der Waals surface area (Å²) in [6, 6.07) is 6.74. The first-order valence-corrected chi connectivity index (χ1v) is 10.6. The number of terminal acetylenes is 1. The van der Waals surface area contributed by atoms with Crippen LogP contribution in [0.15, 0.2) is 29.1 Å². The molecule has 1 aromatic carbocycles. The number of benzene rings is 1. The minimum absolute atomic E-state index is 0.0824. The van der Waals surface area contributed by atoms with E-state index in [1.807, 2.05) is 12.8 Å².